The van der Waals surface area contributed by atoms with Crippen molar-refractivity contribution >= 4 is 45.2 Å². The first-order chi connectivity index (χ1) is 16.7. The van der Waals surface area contributed by atoms with E-state index in [1.54, 1.807) is 42.9 Å². The number of aromatic nitrogens is 4. The molecule has 0 aliphatic carbocycles. The molecule has 0 fully saturated rings. The van der Waals surface area contributed by atoms with Crippen LogP contribution in [0.25, 0.3) is 11.0 Å². The molecular formula is C22H17F3N6O2S2. The lowest BCUT2D eigenvalue weighted by Crippen LogP contribution is -2.22. The molecule has 0 aliphatic heterocycles. The summed E-state index contributed by atoms with van der Waals surface area (Å²) in [6.07, 6.45) is -2.86. The average Bonchev–Trinajstić information content (AvgIpc) is 3.34. The van der Waals surface area contributed by atoms with Crippen molar-refractivity contribution in [1.29, 1.82) is 0 Å². The number of alkyl halides is 3. The smallest absolute Gasteiger partial charge is 0.359 e. The monoisotopic (exact) mass is 518 g/mol. The largest absolute Gasteiger partial charge is 0.405 e. The van der Waals surface area contributed by atoms with Crippen molar-refractivity contribution in [3.63, 3.8) is 0 Å². The van der Waals surface area contributed by atoms with E-state index in [-0.39, 0.29) is 28.2 Å². The number of benzene rings is 1. The molecular weight excluding hydrogens is 501 g/mol. The Morgan fingerprint density at radius 1 is 1.11 bits per heavy atom. The van der Waals surface area contributed by atoms with Crippen LogP contribution in [-0.4, -0.2) is 41.4 Å². The average molecular weight is 519 g/mol. The Balaban J connectivity index is 1.65. The summed E-state index contributed by atoms with van der Waals surface area (Å²) >= 11 is -0.737. The summed E-state index contributed by atoms with van der Waals surface area (Å²) in [5.74, 6) is 5.78. The fraction of sp³-hybridized carbons (Fsp3) is 0.182. The van der Waals surface area contributed by atoms with Crippen molar-refractivity contribution < 1.29 is 21.9 Å². The van der Waals surface area contributed by atoms with E-state index in [1.165, 1.54) is 23.5 Å². The maximum absolute atomic E-state index is 12.9. The second-order valence-corrected chi connectivity index (χ2v) is 9.08. The Labute approximate surface area is 204 Å². The molecule has 0 saturated carbocycles. The second-order valence-electron chi connectivity index (χ2n) is 7.23. The van der Waals surface area contributed by atoms with Gasteiger partial charge in [0.15, 0.2) is 16.9 Å². The highest BCUT2D eigenvalue weighted by molar-refractivity contribution is 7.79. The molecule has 0 amide bonds. The summed E-state index contributed by atoms with van der Waals surface area (Å²) in [5, 5.41) is 5.35. The minimum Gasteiger partial charge on any atom is -0.359 e. The molecule has 3 aromatic heterocycles. The number of hydrogen-bond donors (Lipinski definition) is 3. The Hall–Kier alpha value is -3.60. The molecule has 0 saturated heterocycles. The van der Waals surface area contributed by atoms with Crippen LogP contribution in [0.1, 0.15) is 29.1 Å². The van der Waals surface area contributed by atoms with Gasteiger partial charge in [0.1, 0.15) is 17.8 Å². The Bertz CT molecular complexity index is 1420. The number of nitrogens with zero attached hydrogens (tertiary/aromatic N) is 4. The normalized spacial score (nSPS) is 13.1. The van der Waals surface area contributed by atoms with E-state index in [2.05, 4.69) is 42.4 Å². The van der Waals surface area contributed by atoms with Crippen LogP contribution >= 0.6 is 11.3 Å². The van der Waals surface area contributed by atoms with Crippen molar-refractivity contribution in [1.82, 2.24) is 19.9 Å². The molecule has 0 radical (unpaired) electrons. The first-order valence-corrected chi connectivity index (χ1v) is 12.0. The third kappa shape index (κ3) is 6.50. The van der Waals surface area contributed by atoms with Crippen LogP contribution in [0.4, 0.5) is 24.9 Å². The number of pyridine rings is 1. The predicted octanol–water partition coefficient (Wildman–Crippen LogP) is 4.61. The lowest BCUT2D eigenvalue weighted by molar-refractivity contribution is -0.115. The van der Waals surface area contributed by atoms with E-state index >= 15 is 0 Å². The molecule has 0 aliphatic rings. The van der Waals surface area contributed by atoms with Crippen LogP contribution in [0.2, 0.25) is 0 Å². The van der Waals surface area contributed by atoms with E-state index in [1.807, 2.05) is 0 Å². The van der Waals surface area contributed by atoms with Gasteiger partial charge < -0.3 is 15.2 Å². The van der Waals surface area contributed by atoms with Gasteiger partial charge in [-0.1, -0.05) is 12.1 Å². The predicted molar refractivity (Wildman–Crippen MR) is 127 cm³/mol. The SMILES string of the molecule is CC(Nc1nc(NCC(F)(F)F)c2nc(C#Cc3cncs3)ccc2n1)c1ccc(S(=O)O)cc1. The van der Waals surface area contributed by atoms with E-state index in [0.29, 0.717) is 11.2 Å². The number of nitrogens with one attached hydrogen (secondary N) is 2. The van der Waals surface area contributed by atoms with Crippen LogP contribution in [0.5, 0.6) is 0 Å². The van der Waals surface area contributed by atoms with Gasteiger partial charge in [-0.15, -0.1) is 11.3 Å². The second kappa shape index (κ2) is 10.3. The molecule has 2 unspecified atom stereocenters. The highest BCUT2D eigenvalue weighted by Gasteiger charge is 2.27. The Morgan fingerprint density at radius 3 is 2.54 bits per heavy atom. The van der Waals surface area contributed by atoms with Gasteiger partial charge in [-0.3, -0.25) is 4.98 Å². The molecule has 1 aromatic carbocycles. The van der Waals surface area contributed by atoms with Crippen LogP contribution in [0, 0.1) is 11.8 Å². The van der Waals surface area contributed by atoms with Crippen molar-refractivity contribution in [2.24, 2.45) is 0 Å². The van der Waals surface area contributed by atoms with Crippen LogP contribution in [-0.2, 0) is 11.1 Å². The molecule has 3 N–H and O–H groups in total. The van der Waals surface area contributed by atoms with E-state index in [0.717, 1.165) is 10.4 Å². The van der Waals surface area contributed by atoms with Gasteiger partial charge >= 0.3 is 6.18 Å². The molecule has 0 bridgehead atoms. The van der Waals surface area contributed by atoms with Crippen molar-refractivity contribution in [2.45, 2.75) is 24.0 Å². The molecule has 35 heavy (non-hydrogen) atoms. The molecule has 180 valence electrons. The molecule has 2 atom stereocenters. The molecule has 0 spiro atoms. The summed E-state index contributed by atoms with van der Waals surface area (Å²) in [6, 6.07) is 9.25. The van der Waals surface area contributed by atoms with Crippen molar-refractivity contribution in [3.05, 3.63) is 64.2 Å². The molecule has 8 nitrogen and oxygen atoms in total. The van der Waals surface area contributed by atoms with Crippen molar-refractivity contribution in [2.75, 3.05) is 17.2 Å². The van der Waals surface area contributed by atoms with E-state index in [4.69, 9.17) is 4.55 Å². The van der Waals surface area contributed by atoms with Gasteiger partial charge in [-0.25, -0.2) is 14.2 Å². The zero-order valence-electron chi connectivity index (χ0n) is 18.0. The number of thiazole rings is 1. The highest BCUT2D eigenvalue weighted by atomic mass is 32.2. The first-order valence-electron chi connectivity index (χ1n) is 10.1. The number of halogens is 3. The van der Waals surface area contributed by atoms with Crippen LogP contribution in [0.15, 0.2) is 53.0 Å². The summed E-state index contributed by atoms with van der Waals surface area (Å²) in [4.78, 5) is 17.9. The summed E-state index contributed by atoms with van der Waals surface area (Å²) in [7, 11) is 0. The van der Waals surface area contributed by atoms with Crippen molar-refractivity contribution in [3.8, 4) is 11.8 Å². The minimum absolute atomic E-state index is 0.0884. The number of anilines is 2. The molecule has 4 rings (SSSR count). The van der Waals surface area contributed by atoms with Crippen LogP contribution in [0.3, 0.4) is 0 Å². The lowest BCUT2D eigenvalue weighted by atomic mass is 10.1. The molecule has 4 aromatic rings. The maximum atomic E-state index is 12.9. The fourth-order valence-corrected chi connectivity index (χ4v) is 3.84. The minimum atomic E-state index is -4.46. The third-order valence-corrected chi connectivity index (χ3v) is 6.04. The number of rotatable bonds is 6. The van der Waals surface area contributed by atoms with Crippen LogP contribution < -0.4 is 10.6 Å². The number of hydrogen-bond acceptors (Lipinski definition) is 8. The van der Waals surface area contributed by atoms with Gasteiger partial charge in [0.05, 0.1) is 33.0 Å². The summed E-state index contributed by atoms with van der Waals surface area (Å²) in [6.45, 7) is 0.504. The maximum Gasteiger partial charge on any atom is 0.405 e. The highest BCUT2D eigenvalue weighted by Crippen LogP contribution is 2.25. The quantitative estimate of drug-likeness (QED) is 0.251. The first kappa shape index (κ1) is 24.5. The molecule has 3 heterocycles. The Morgan fingerprint density at radius 2 is 1.89 bits per heavy atom. The number of fused-ring (bicyclic) bond motifs is 1. The van der Waals surface area contributed by atoms with E-state index < -0.39 is 23.8 Å². The van der Waals surface area contributed by atoms with Gasteiger partial charge in [0.2, 0.25) is 5.95 Å². The standard InChI is InChI=1S/C22H17F3N6O2S2/c1-13(14-2-7-17(8-3-14)35(32)33)28-21-30-18-9-5-15(4-6-16-10-26-12-34-16)29-19(18)20(31-21)27-11-22(23,24)25/h2-3,5,7-10,12-13H,11H2,1H3,(H,32,33)(H2,27,28,30,31). The van der Waals surface area contributed by atoms with E-state index in [9.17, 15) is 17.4 Å². The third-order valence-electron chi connectivity index (χ3n) is 4.67. The van der Waals surface area contributed by atoms with Gasteiger partial charge in [0, 0.05) is 0 Å². The zero-order chi connectivity index (χ0) is 25.0. The molecule has 13 heteroatoms. The van der Waals surface area contributed by atoms with Gasteiger partial charge in [-0.05, 0) is 48.6 Å². The summed E-state index contributed by atoms with van der Waals surface area (Å²) < 4.78 is 59.1. The topological polar surface area (TPSA) is 113 Å². The van der Waals surface area contributed by atoms with Gasteiger partial charge in [0.25, 0.3) is 0 Å². The van der Waals surface area contributed by atoms with Gasteiger partial charge in [-0.2, -0.15) is 18.2 Å². The fourth-order valence-electron chi connectivity index (χ4n) is 3.01. The summed E-state index contributed by atoms with van der Waals surface area (Å²) in [5.41, 5.74) is 3.23. The lowest BCUT2D eigenvalue weighted by Gasteiger charge is -2.17. The Kier molecular flexibility index (Phi) is 7.25. The zero-order valence-corrected chi connectivity index (χ0v) is 19.6.